The lowest BCUT2D eigenvalue weighted by molar-refractivity contribution is -0.342. The standard InChI is InChI=1S/C20H18O7/c21-15-16(22)18(19(24)25)27-20(17(15)23)26-14-9-10-5-1-2-6-11(10)12-7-3-4-8-13(12)14/h1-9,15-18,20-23H,(H,24,25)/p-1. The Kier molecular flexibility index (Phi) is 4.45. The van der Waals surface area contributed by atoms with Crippen LogP contribution in [-0.4, -0.2) is 52.0 Å². The fraction of sp³-hybridized carbons (Fsp3) is 0.250. The normalized spacial score (nSPS) is 28.3. The van der Waals surface area contributed by atoms with Crippen molar-refractivity contribution in [2.45, 2.75) is 30.7 Å². The van der Waals surface area contributed by atoms with Crippen LogP contribution in [-0.2, 0) is 9.53 Å². The van der Waals surface area contributed by atoms with Crippen LogP contribution >= 0.6 is 0 Å². The molecule has 0 spiro atoms. The Hall–Kier alpha value is -2.71. The van der Waals surface area contributed by atoms with Crippen LogP contribution in [0.1, 0.15) is 0 Å². The molecule has 5 atom stereocenters. The van der Waals surface area contributed by atoms with Crippen LogP contribution < -0.4 is 9.84 Å². The molecular weight excluding hydrogens is 352 g/mol. The molecule has 1 aliphatic heterocycles. The van der Waals surface area contributed by atoms with Gasteiger partial charge in [-0.1, -0.05) is 48.5 Å². The van der Waals surface area contributed by atoms with Crippen LogP contribution in [0.5, 0.6) is 5.75 Å². The second-order valence-corrected chi connectivity index (χ2v) is 6.48. The molecule has 3 aromatic rings. The van der Waals surface area contributed by atoms with Crippen LogP contribution in [0, 0.1) is 0 Å². The van der Waals surface area contributed by atoms with Gasteiger partial charge in [0, 0.05) is 5.39 Å². The molecule has 7 nitrogen and oxygen atoms in total. The fourth-order valence-electron chi connectivity index (χ4n) is 3.38. The van der Waals surface area contributed by atoms with Crippen molar-refractivity contribution in [3.8, 4) is 5.75 Å². The number of ether oxygens (including phenoxy) is 2. The van der Waals surface area contributed by atoms with Crippen molar-refractivity contribution < 1.29 is 34.7 Å². The number of aliphatic hydroxyl groups excluding tert-OH is 3. The Morgan fingerprint density at radius 3 is 2.22 bits per heavy atom. The van der Waals surface area contributed by atoms with Crippen LogP contribution in [0.25, 0.3) is 21.5 Å². The second kappa shape index (κ2) is 6.79. The van der Waals surface area contributed by atoms with Crippen LogP contribution in [0.4, 0.5) is 0 Å². The molecule has 1 heterocycles. The third kappa shape index (κ3) is 3.00. The molecule has 5 unspecified atom stereocenters. The number of aliphatic carboxylic acids is 1. The van der Waals surface area contributed by atoms with Crippen molar-refractivity contribution in [3.05, 3.63) is 54.6 Å². The van der Waals surface area contributed by atoms with Gasteiger partial charge in [0.1, 0.15) is 30.2 Å². The molecule has 3 N–H and O–H groups in total. The Bertz CT molecular complexity index is 1000. The van der Waals surface area contributed by atoms with Gasteiger partial charge >= 0.3 is 0 Å². The molecule has 0 bridgehead atoms. The van der Waals surface area contributed by atoms with Crippen molar-refractivity contribution in [3.63, 3.8) is 0 Å². The predicted molar refractivity (Wildman–Crippen MR) is 93.8 cm³/mol. The SMILES string of the molecule is O=C([O-])C1OC(Oc2cc3ccccc3c3ccccc23)C(O)C(O)C1O. The van der Waals surface area contributed by atoms with E-state index in [9.17, 15) is 25.2 Å². The molecule has 140 valence electrons. The van der Waals surface area contributed by atoms with Crippen molar-refractivity contribution >= 4 is 27.5 Å². The lowest BCUT2D eigenvalue weighted by atomic mass is 9.98. The van der Waals surface area contributed by atoms with E-state index in [0.29, 0.717) is 5.75 Å². The molecule has 1 aliphatic rings. The lowest BCUT2D eigenvalue weighted by Crippen LogP contribution is -2.63. The highest BCUT2D eigenvalue weighted by Crippen LogP contribution is 2.35. The molecule has 0 amide bonds. The molecule has 0 aliphatic carbocycles. The van der Waals surface area contributed by atoms with E-state index in [2.05, 4.69) is 0 Å². The van der Waals surface area contributed by atoms with Crippen LogP contribution in [0.3, 0.4) is 0 Å². The zero-order valence-electron chi connectivity index (χ0n) is 14.1. The average Bonchev–Trinajstić information content (AvgIpc) is 2.68. The minimum Gasteiger partial charge on any atom is -0.547 e. The molecule has 4 rings (SSSR count). The van der Waals surface area contributed by atoms with Gasteiger partial charge in [-0.25, -0.2) is 0 Å². The summed E-state index contributed by atoms with van der Waals surface area (Å²) < 4.78 is 10.9. The van der Waals surface area contributed by atoms with E-state index in [1.807, 2.05) is 48.5 Å². The highest BCUT2D eigenvalue weighted by atomic mass is 16.7. The monoisotopic (exact) mass is 369 g/mol. The fourth-order valence-corrected chi connectivity index (χ4v) is 3.38. The first kappa shape index (κ1) is 17.7. The summed E-state index contributed by atoms with van der Waals surface area (Å²) in [6.45, 7) is 0. The van der Waals surface area contributed by atoms with E-state index >= 15 is 0 Å². The van der Waals surface area contributed by atoms with E-state index in [4.69, 9.17) is 9.47 Å². The maximum atomic E-state index is 11.2. The maximum Gasteiger partial charge on any atom is 0.229 e. The predicted octanol–water partition coefficient (Wildman–Crippen LogP) is -0.0707. The van der Waals surface area contributed by atoms with Crippen molar-refractivity contribution in [2.75, 3.05) is 0 Å². The summed E-state index contributed by atoms with van der Waals surface area (Å²) in [6.07, 6.45) is -8.52. The van der Waals surface area contributed by atoms with Gasteiger partial charge in [0.15, 0.2) is 0 Å². The molecule has 27 heavy (non-hydrogen) atoms. The molecule has 0 aromatic heterocycles. The summed E-state index contributed by atoms with van der Waals surface area (Å²) in [5.74, 6) is -1.35. The number of benzene rings is 3. The Morgan fingerprint density at radius 2 is 1.52 bits per heavy atom. The Labute approximate surface area is 154 Å². The molecule has 1 fully saturated rings. The molecular formula is C20H17O7-. The third-order valence-corrected chi connectivity index (χ3v) is 4.78. The van der Waals surface area contributed by atoms with Crippen molar-refractivity contribution in [1.29, 1.82) is 0 Å². The van der Waals surface area contributed by atoms with E-state index < -0.39 is 36.7 Å². The largest absolute Gasteiger partial charge is 0.547 e. The topological polar surface area (TPSA) is 119 Å². The first-order valence-corrected chi connectivity index (χ1v) is 8.45. The van der Waals surface area contributed by atoms with Gasteiger partial charge in [0.2, 0.25) is 6.29 Å². The Balaban J connectivity index is 1.77. The van der Waals surface area contributed by atoms with Crippen molar-refractivity contribution in [2.24, 2.45) is 0 Å². The van der Waals surface area contributed by atoms with E-state index in [-0.39, 0.29) is 0 Å². The zero-order valence-corrected chi connectivity index (χ0v) is 14.1. The molecule has 3 aromatic carbocycles. The number of aliphatic hydroxyl groups is 3. The summed E-state index contributed by atoms with van der Waals surface area (Å²) in [4.78, 5) is 11.2. The molecule has 1 saturated heterocycles. The number of carboxylic acids is 1. The number of rotatable bonds is 3. The number of fused-ring (bicyclic) bond motifs is 3. The van der Waals surface area contributed by atoms with E-state index in [1.165, 1.54) is 0 Å². The number of carbonyl (C=O) groups excluding carboxylic acids is 1. The van der Waals surface area contributed by atoms with Gasteiger partial charge in [0.05, 0.1) is 5.97 Å². The highest BCUT2D eigenvalue weighted by Gasteiger charge is 2.45. The number of carboxylic acid groups (broad SMARTS) is 1. The first-order chi connectivity index (χ1) is 13.0. The number of hydrogen-bond acceptors (Lipinski definition) is 7. The number of carbonyl (C=O) groups is 1. The minimum atomic E-state index is -1.82. The molecule has 7 heteroatoms. The van der Waals surface area contributed by atoms with Gasteiger partial charge in [-0.05, 0) is 22.2 Å². The second-order valence-electron chi connectivity index (χ2n) is 6.48. The quantitative estimate of drug-likeness (QED) is 0.553. The van der Waals surface area contributed by atoms with Gasteiger partial charge in [-0.2, -0.15) is 0 Å². The smallest absolute Gasteiger partial charge is 0.229 e. The van der Waals surface area contributed by atoms with Crippen LogP contribution in [0.15, 0.2) is 54.6 Å². The van der Waals surface area contributed by atoms with Gasteiger partial charge in [-0.3, -0.25) is 0 Å². The Morgan fingerprint density at radius 1 is 0.889 bits per heavy atom. The van der Waals surface area contributed by atoms with Gasteiger partial charge < -0.3 is 34.7 Å². The summed E-state index contributed by atoms with van der Waals surface area (Å²) in [5.41, 5.74) is 0. The first-order valence-electron chi connectivity index (χ1n) is 8.45. The number of hydrogen-bond donors (Lipinski definition) is 3. The summed E-state index contributed by atoms with van der Waals surface area (Å²) in [5, 5.41) is 44.6. The summed E-state index contributed by atoms with van der Waals surface area (Å²) in [6, 6.07) is 16.9. The summed E-state index contributed by atoms with van der Waals surface area (Å²) >= 11 is 0. The average molecular weight is 369 g/mol. The molecule has 0 radical (unpaired) electrons. The lowest BCUT2D eigenvalue weighted by Gasteiger charge is -2.40. The van der Waals surface area contributed by atoms with Gasteiger partial charge in [-0.15, -0.1) is 0 Å². The third-order valence-electron chi connectivity index (χ3n) is 4.78. The molecule has 0 saturated carbocycles. The van der Waals surface area contributed by atoms with Crippen molar-refractivity contribution in [1.82, 2.24) is 0 Å². The zero-order chi connectivity index (χ0) is 19.1. The van der Waals surface area contributed by atoms with Crippen LogP contribution in [0.2, 0.25) is 0 Å². The van der Waals surface area contributed by atoms with E-state index in [0.717, 1.165) is 21.5 Å². The maximum absolute atomic E-state index is 11.2. The summed E-state index contributed by atoms with van der Waals surface area (Å²) in [7, 11) is 0. The highest BCUT2D eigenvalue weighted by molar-refractivity contribution is 6.10. The van der Waals surface area contributed by atoms with E-state index in [1.54, 1.807) is 6.07 Å². The van der Waals surface area contributed by atoms with Gasteiger partial charge in [0.25, 0.3) is 0 Å². The minimum absolute atomic E-state index is 0.356.